The second kappa shape index (κ2) is 8.18. The number of aromatic nitrogens is 1. The van der Waals surface area contributed by atoms with Gasteiger partial charge >= 0.3 is 5.97 Å². The van der Waals surface area contributed by atoms with E-state index in [0.29, 0.717) is 4.80 Å². The third kappa shape index (κ3) is 4.25. The molecule has 7 heteroatoms. The van der Waals surface area contributed by atoms with E-state index in [1.807, 2.05) is 49.4 Å². The summed E-state index contributed by atoms with van der Waals surface area (Å²) >= 11 is 1.37. The molecule has 0 aliphatic rings. The Kier molecular flexibility index (Phi) is 5.71. The number of hydrogen-bond acceptors (Lipinski definition) is 5. The first kappa shape index (κ1) is 18.8. The van der Waals surface area contributed by atoms with Crippen molar-refractivity contribution in [2.24, 2.45) is 4.99 Å². The molecule has 0 unspecified atom stereocenters. The number of carbonyl (C=O) groups excluding carboxylic acids is 2. The van der Waals surface area contributed by atoms with Crippen LogP contribution in [0.5, 0.6) is 5.75 Å². The molecule has 6 nitrogen and oxygen atoms in total. The first-order chi connectivity index (χ1) is 13.0. The van der Waals surface area contributed by atoms with E-state index >= 15 is 0 Å². The maximum atomic E-state index is 12.5. The molecule has 1 heterocycles. The molecular weight excluding hydrogens is 364 g/mol. The molecule has 0 radical (unpaired) electrons. The van der Waals surface area contributed by atoms with Gasteiger partial charge in [0.25, 0.3) is 5.91 Å². The number of nitrogens with zero attached hydrogens (tertiary/aromatic N) is 2. The number of ether oxygens (including phenoxy) is 2. The summed E-state index contributed by atoms with van der Waals surface area (Å²) < 4.78 is 12.7. The van der Waals surface area contributed by atoms with Gasteiger partial charge in [0.15, 0.2) is 4.80 Å². The summed E-state index contributed by atoms with van der Waals surface area (Å²) in [7, 11) is 2.95. The van der Waals surface area contributed by atoms with Crippen LogP contribution in [0.25, 0.3) is 10.2 Å². The van der Waals surface area contributed by atoms with Crippen LogP contribution in [-0.4, -0.2) is 30.7 Å². The number of para-hydroxylation sites is 1. The van der Waals surface area contributed by atoms with Crippen LogP contribution in [0, 0.1) is 6.92 Å². The summed E-state index contributed by atoms with van der Waals surface area (Å²) in [6.07, 6.45) is 0.178. The Balaban J connectivity index is 1.94. The van der Waals surface area contributed by atoms with Gasteiger partial charge in [-0.1, -0.05) is 35.6 Å². The molecule has 1 amide bonds. The number of hydrogen-bond donors (Lipinski definition) is 0. The van der Waals surface area contributed by atoms with E-state index in [9.17, 15) is 9.59 Å². The summed E-state index contributed by atoms with van der Waals surface area (Å²) in [5.74, 6) is 0.117. The van der Waals surface area contributed by atoms with Gasteiger partial charge < -0.3 is 14.0 Å². The normalized spacial score (nSPS) is 11.6. The molecule has 3 rings (SSSR count). The molecular formula is C20H20N2O4S. The van der Waals surface area contributed by atoms with Crippen molar-refractivity contribution in [1.82, 2.24) is 4.57 Å². The number of aryl methyl sites for hydroxylation is 1. The molecule has 0 spiro atoms. The molecule has 2 aromatic carbocycles. The quantitative estimate of drug-likeness (QED) is 0.634. The van der Waals surface area contributed by atoms with Crippen molar-refractivity contribution in [2.45, 2.75) is 19.9 Å². The number of fused-ring (bicyclic) bond motifs is 1. The van der Waals surface area contributed by atoms with Gasteiger partial charge in [-0.2, -0.15) is 4.99 Å². The lowest BCUT2D eigenvalue weighted by Gasteiger charge is -2.06. The smallest absolute Gasteiger partial charge is 0.325 e. The summed E-state index contributed by atoms with van der Waals surface area (Å²) in [6.45, 7) is 1.94. The van der Waals surface area contributed by atoms with Crippen LogP contribution >= 0.6 is 11.3 Å². The van der Waals surface area contributed by atoms with Gasteiger partial charge in [-0.25, -0.2) is 0 Å². The Hall–Kier alpha value is -2.93. The van der Waals surface area contributed by atoms with Gasteiger partial charge in [0.2, 0.25) is 0 Å². The predicted octanol–water partition coefficient (Wildman–Crippen LogP) is 2.86. The number of carbonyl (C=O) groups is 2. The Morgan fingerprint density at radius 3 is 2.63 bits per heavy atom. The molecule has 0 fully saturated rings. The molecule has 27 heavy (non-hydrogen) atoms. The van der Waals surface area contributed by atoms with Crippen molar-refractivity contribution in [3.63, 3.8) is 0 Å². The van der Waals surface area contributed by atoms with Crippen molar-refractivity contribution in [2.75, 3.05) is 14.2 Å². The largest absolute Gasteiger partial charge is 0.496 e. The minimum atomic E-state index is -0.391. The fourth-order valence-corrected chi connectivity index (χ4v) is 3.87. The van der Waals surface area contributed by atoms with Gasteiger partial charge in [0, 0.05) is 0 Å². The number of rotatable bonds is 5. The van der Waals surface area contributed by atoms with Crippen molar-refractivity contribution < 1.29 is 19.1 Å². The van der Waals surface area contributed by atoms with Crippen molar-refractivity contribution in [3.05, 3.63) is 58.4 Å². The Morgan fingerprint density at radius 2 is 1.93 bits per heavy atom. The monoisotopic (exact) mass is 384 g/mol. The van der Waals surface area contributed by atoms with E-state index in [1.54, 1.807) is 11.7 Å². The second-order valence-electron chi connectivity index (χ2n) is 6.00. The van der Waals surface area contributed by atoms with E-state index < -0.39 is 5.97 Å². The number of amides is 1. The average Bonchev–Trinajstić information content (AvgIpc) is 2.98. The van der Waals surface area contributed by atoms with Crippen molar-refractivity contribution in [3.8, 4) is 5.75 Å². The molecule has 3 aromatic rings. The predicted molar refractivity (Wildman–Crippen MR) is 104 cm³/mol. The topological polar surface area (TPSA) is 69.9 Å². The first-order valence-electron chi connectivity index (χ1n) is 8.38. The zero-order valence-electron chi connectivity index (χ0n) is 15.4. The third-order valence-electron chi connectivity index (χ3n) is 4.14. The molecule has 0 aliphatic carbocycles. The van der Waals surface area contributed by atoms with Crippen molar-refractivity contribution in [1.29, 1.82) is 0 Å². The minimum Gasteiger partial charge on any atom is -0.496 e. The van der Waals surface area contributed by atoms with E-state index in [0.717, 1.165) is 27.1 Å². The van der Waals surface area contributed by atoms with Crippen LogP contribution in [0.4, 0.5) is 0 Å². The molecule has 0 aliphatic heterocycles. The summed E-state index contributed by atoms with van der Waals surface area (Å²) in [5, 5.41) is 0. The van der Waals surface area contributed by atoms with Crippen LogP contribution in [0.2, 0.25) is 0 Å². The van der Waals surface area contributed by atoms with Gasteiger partial charge in [-0.3, -0.25) is 9.59 Å². The number of benzene rings is 2. The number of thiazole rings is 1. The second-order valence-corrected chi connectivity index (χ2v) is 7.01. The molecule has 0 atom stereocenters. The molecule has 0 bridgehead atoms. The van der Waals surface area contributed by atoms with Crippen LogP contribution < -0.4 is 9.54 Å². The zero-order valence-corrected chi connectivity index (χ0v) is 16.2. The van der Waals surface area contributed by atoms with Gasteiger partial charge in [-0.05, 0) is 36.2 Å². The lowest BCUT2D eigenvalue weighted by molar-refractivity contribution is -0.141. The Bertz CT molecular complexity index is 1070. The molecule has 140 valence electrons. The number of esters is 1. The fraction of sp³-hybridized carbons (Fsp3) is 0.250. The molecule has 0 N–H and O–H groups in total. The summed E-state index contributed by atoms with van der Waals surface area (Å²) in [5.41, 5.74) is 2.67. The van der Waals surface area contributed by atoms with Gasteiger partial charge in [0.1, 0.15) is 12.3 Å². The highest BCUT2D eigenvalue weighted by atomic mass is 32.1. The number of methoxy groups -OCH3 is 2. The lowest BCUT2D eigenvalue weighted by Crippen LogP contribution is -2.22. The first-order valence-corrected chi connectivity index (χ1v) is 9.19. The van der Waals surface area contributed by atoms with Crippen LogP contribution in [0.3, 0.4) is 0 Å². The highest BCUT2D eigenvalue weighted by molar-refractivity contribution is 7.16. The van der Waals surface area contributed by atoms with Crippen LogP contribution in [-0.2, 0) is 27.3 Å². The minimum absolute atomic E-state index is 0.00821. The van der Waals surface area contributed by atoms with E-state index in [2.05, 4.69) is 4.99 Å². The lowest BCUT2D eigenvalue weighted by atomic mass is 10.1. The average molecular weight is 384 g/mol. The molecule has 1 aromatic heterocycles. The zero-order chi connectivity index (χ0) is 19.4. The SMILES string of the molecule is COC(=O)Cn1c(=NC(=O)Cc2ccc(OC)c(C)c2)sc2ccccc21. The molecule has 0 saturated heterocycles. The Morgan fingerprint density at radius 1 is 1.15 bits per heavy atom. The molecule has 0 saturated carbocycles. The maximum absolute atomic E-state index is 12.5. The van der Waals surface area contributed by atoms with Gasteiger partial charge in [-0.15, -0.1) is 0 Å². The fourth-order valence-electron chi connectivity index (χ4n) is 2.82. The van der Waals surface area contributed by atoms with Crippen LogP contribution in [0.1, 0.15) is 11.1 Å². The van der Waals surface area contributed by atoms with Gasteiger partial charge in [0.05, 0.1) is 30.9 Å². The standard InChI is InChI=1S/C20H20N2O4S/c1-13-10-14(8-9-16(13)25-2)11-18(23)21-20-22(12-19(24)26-3)15-6-4-5-7-17(15)27-20/h4-10H,11-12H2,1-3H3. The summed E-state index contributed by atoms with van der Waals surface area (Å²) in [6, 6.07) is 13.2. The third-order valence-corrected chi connectivity index (χ3v) is 5.20. The maximum Gasteiger partial charge on any atom is 0.325 e. The van der Waals surface area contributed by atoms with Crippen molar-refractivity contribution >= 4 is 33.4 Å². The van der Waals surface area contributed by atoms with E-state index in [-0.39, 0.29) is 18.9 Å². The van der Waals surface area contributed by atoms with E-state index in [4.69, 9.17) is 9.47 Å². The highest BCUT2D eigenvalue weighted by Gasteiger charge is 2.12. The summed E-state index contributed by atoms with van der Waals surface area (Å²) in [4.78, 5) is 29.0. The Labute approximate surface area is 160 Å². The van der Waals surface area contributed by atoms with Crippen LogP contribution in [0.15, 0.2) is 47.5 Å². The highest BCUT2D eigenvalue weighted by Crippen LogP contribution is 2.19. The van der Waals surface area contributed by atoms with E-state index in [1.165, 1.54) is 18.4 Å².